The zero-order valence-corrected chi connectivity index (χ0v) is 20.5. The SMILES string of the molecule is CCOC(=O)N1CC2(CC[C@@H](N3CCN(c4ncccc4-c4c(Cl)cccc4Cl)CC3)C2)C1. The van der Waals surface area contributed by atoms with Crippen LogP contribution in [-0.4, -0.2) is 72.8 Å². The molecule has 3 fully saturated rings. The van der Waals surface area contributed by atoms with Crippen LogP contribution in [-0.2, 0) is 4.74 Å². The monoisotopic (exact) mass is 488 g/mol. The summed E-state index contributed by atoms with van der Waals surface area (Å²) in [6.07, 6.45) is 5.25. The molecule has 1 aromatic heterocycles. The molecule has 5 rings (SSSR count). The van der Waals surface area contributed by atoms with Crippen molar-refractivity contribution >= 4 is 35.1 Å². The summed E-state index contributed by atoms with van der Waals surface area (Å²) in [5.41, 5.74) is 2.12. The number of aromatic nitrogens is 1. The zero-order chi connectivity index (χ0) is 23.0. The molecule has 0 unspecified atom stereocenters. The number of piperazine rings is 1. The molecule has 1 atom stereocenters. The molecular formula is C25H30Cl2N4O2. The highest BCUT2D eigenvalue weighted by atomic mass is 35.5. The number of carbonyl (C=O) groups is 1. The molecule has 1 aliphatic carbocycles. The molecule has 0 radical (unpaired) electrons. The quantitative estimate of drug-likeness (QED) is 0.592. The first-order valence-electron chi connectivity index (χ1n) is 11.8. The van der Waals surface area contributed by atoms with Crippen LogP contribution >= 0.6 is 23.2 Å². The number of nitrogens with zero attached hydrogens (tertiary/aromatic N) is 4. The van der Waals surface area contributed by atoms with Crippen molar-refractivity contribution in [2.75, 3.05) is 50.8 Å². The third kappa shape index (κ3) is 4.41. The minimum atomic E-state index is -0.162. The normalized spacial score (nSPS) is 22.5. The number of hydrogen-bond donors (Lipinski definition) is 0. The largest absolute Gasteiger partial charge is 0.450 e. The van der Waals surface area contributed by atoms with Gasteiger partial charge in [-0.1, -0.05) is 29.3 Å². The van der Waals surface area contributed by atoms with E-state index in [1.54, 1.807) is 0 Å². The van der Waals surface area contributed by atoms with E-state index in [2.05, 4.69) is 15.9 Å². The Morgan fingerprint density at radius 1 is 1.12 bits per heavy atom. The molecule has 3 aliphatic rings. The molecule has 2 aliphatic heterocycles. The molecular weight excluding hydrogens is 459 g/mol. The third-order valence-corrected chi connectivity index (χ3v) is 8.03. The summed E-state index contributed by atoms with van der Waals surface area (Å²) in [6, 6.07) is 10.2. The molecule has 176 valence electrons. The van der Waals surface area contributed by atoms with Gasteiger partial charge in [0.2, 0.25) is 0 Å². The van der Waals surface area contributed by atoms with Gasteiger partial charge in [0.05, 0.1) is 16.7 Å². The van der Waals surface area contributed by atoms with Gasteiger partial charge in [-0.3, -0.25) is 4.90 Å². The molecule has 6 nitrogen and oxygen atoms in total. The predicted octanol–water partition coefficient (Wildman–Crippen LogP) is 5.19. The first-order valence-corrected chi connectivity index (χ1v) is 12.6. The van der Waals surface area contributed by atoms with E-state index in [1.165, 1.54) is 19.3 Å². The van der Waals surface area contributed by atoms with Crippen molar-refractivity contribution in [1.29, 1.82) is 0 Å². The fraction of sp³-hybridized carbons (Fsp3) is 0.520. The van der Waals surface area contributed by atoms with Crippen molar-refractivity contribution in [3.63, 3.8) is 0 Å². The van der Waals surface area contributed by atoms with Gasteiger partial charge in [-0.05, 0) is 50.5 Å². The first kappa shape index (κ1) is 22.8. The molecule has 3 heterocycles. The maximum Gasteiger partial charge on any atom is 0.409 e. The van der Waals surface area contributed by atoms with Crippen LogP contribution in [0.5, 0.6) is 0 Å². The Kier molecular flexibility index (Phi) is 6.43. The smallest absolute Gasteiger partial charge is 0.409 e. The van der Waals surface area contributed by atoms with Gasteiger partial charge in [0.25, 0.3) is 0 Å². The number of halogens is 2. The van der Waals surface area contributed by atoms with Crippen LogP contribution in [0.25, 0.3) is 11.1 Å². The Labute approximate surface area is 205 Å². The minimum Gasteiger partial charge on any atom is -0.450 e. The highest BCUT2D eigenvalue weighted by molar-refractivity contribution is 6.39. The van der Waals surface area contributed by atoms with E-state index in [0.29, 0.717) is 28.1 Å². The van der Waals surface area contributed by atoms with E-state index in [0.717, 1.165) is 56.2 Å². The van der Waals surface area contributed by atoms with Crippen molar-refractivity contribution in [2.24, 2.45) is 5.41 Å². The molecule has 2 aromatic rings. The Morgan fingerprint density at radius 3 is 2.55 bits per heavy atom. The second kappa shape index (κ2) is 9.32. The van der Waals surface area contributed by atoms with Crippen LogP contribution in [0.1, 0.15) is 26.2 Å². The molecule has 1 aromatic carbocycles. The van der Waals surface area contributed by atoms with E-state index >= 15 is 0 Å². The molecule has 0 bridgehead atoms. The van der Waals surface area contributed by atoms with Crippen LogP contribution in [0.3, 0.4) is 0 Å². The summed E-state index contributed by atoms with van der Waals surface area (Å²) < 4.78 is 5.15. The fourth-order valence-corrected chi connectivity index (χ4v) is 6.38. The number of anilines is 1. The maximum absolute atomic E-state index is 12.0. The lowest BCUT2D eigenvalue weighted by Gasteiger charge is -2.48. The highest BCUT2D eigenvalue weighted by Gasteiger charge is 2.51. The Balaban J connectivity index is 1.22. The topological polar surface area (TPSA) is 48.9 Å². The number of carbonyl (C=O) groups excluding carboxylic acids is 1. The van der Waals surface area contributed by atoms with Gasteiger partial charge in [0.15, 0.2) is 0 Å². The summed E-state index contributed by atoms with van der Waals surface area (Å²) in [4.78, 5) is 23.5. The van der Waals surface area contributed by atoms with Gasteiger partial charge in [0.1, 0.15) is 5.82 Å². The van der Waals surface area contributed by atoms with Gasteiger partial charge in [0, 0.05) is 68.0 Å². The summed E-state index contributed by atoms with van der Waals surface area (Å²) >= 11 is 13.0. The third-order valence-electron chi connectivity index (χ3n) is 7.40. The van der Waals surface area contributed by atoms with Crippen molar-refractivity contribution in [2.45, 2.75) is 32.2 Å². The predicted molar refractivity (Wildman–Crippen MR) is 132 cm³/mol. The molecule has 1 saturated carbocycles. The standard InChI is InChI=1S/C25H30Cl2N4O2/c1-2-33-24(32)31-16-25(17-31)9-8-18(15-25)29-11-13-30(14-12-29)23-19(5-4-10-28-23)22-20(26)6-3-7-21(22)27/h3-7,10,18H,2,8-9,11-17H2,1H3/t18-/m1/s1. The lowest BCUT2D eigenvalue weighted by atomic mass is 9.78. The zero-order valence-electron chi connectivity index (χ0n) is 19.0. The van der Waals surface area contributed by atoms with Crippen LogP contribution < -0.4 is 4.90 Å². The van der Waals surface area contributed by atoms with Crippen molar-refractivity contribution in [3.05, 3.63) is 46.6 Å². The van der Waals surface area contributed by atoms with Crippen molar-refractivity contribution in [3.8, 4) is 11.1 Å². The molecule has 8 heteroatoms. The van der Waals surface area contributed by atoms with Gasteiger partial charge < -0.3 is 14.5 Å². The first-order chi connectivity index (χ1) is 16.0. The van der Waals surface area contributed by atoms with Crippen LogP contribution in [0.15, 0.2) is 36.5 Å². The van der Waals surface area contributed by atoms with Gasteiger partial charge in [-0.25, -0.2) is 9.78 Å². The lowest BCUT2D eigenvalue weighted by molar-refractivity contribution is -0.00294. The van der Waals surface area contributed by atoms with Crippen LogP contribution in [0.4, 0.5) is 10.6 Å². The summed E-state index contributed by atoms with van der Waals surface area (Å²) in [5.74, 6) is 0.944. The second-order valence-electron chi connectivity index (χ2n) is 9.45. The number of amides is 1. The number of ether oxygens (including phenoxy) is 1. The van der Waals surface area contributed by atoms with E-state index in [1.807, 2.05) is 42.3 Å². The molecule has 2 saturated heterocycles. The average molecular weight is 489 g/mol. The van der Waals surface area contributed by atoms with Crippen molar-refractivity contribution in [1.82, 2.24) is 14.8 Å². The van der Waals surface area contributed by atoms with Gasteiger partial charge in [-0.15, -0.1) is 0 Å². The summed E-state index contributed by atoms with van der Waals surface area (Å²) in [5, 5.41) is 1.29. The summed E-state index contributed by atoms with van der Waals surface area (Å²) in [7, 11) is 0. The minimum absolute atomic E-state index is 0.162. The molecule has 33 heavy (non-hydrogen) atoms. The number of benzene rings is 1. The van der Waals surface area contributed by atoms with E-state index in [4.69, 9.17) is 32.9 Å². The molecule has 1 amide bonds. The average Bonchev–Trinajstić information content (AvgIpc) is 3.25. The highest BCUT2D eigenvalue weighted by Crippen LogP contribution is 2.47. The fourth-order valence-electron chi connectivity index (χ4n) is 5.78. The maximum atomic E-state index is 12.0. The van der Waals surface area contributed by atoms with E-state index in [-0.39, 0.29) is 6.09 Å². The number of pyridine rings is 1. The van der Waals surface area contributed by atoms with Gasteiger partial charge in [-0.2, -0.15) is 0 Å². The van der Waals surface area contributed by atoms with Crippen LogP contribution in [0, 0.1) is 5.41 Å². The van der Waals surface area contributed by atoms with E-state index < -0.39 is 0 Å². The van der Waals surface area contributed by atoms with Crippen LogP contribution in [0.2, 0.25) is 10.0 Å². The number of hydrogen-bond acceptors (Lipinski definition) is 5. The number of rotatable bonds is 4. The number of likely N-dealkylation sites (tertiary alicyclic amines) is 1. The molecule has 0 N–H and O–H groups in total. The summed E-state index contributed by atoms with van der Waals surface area (Å²) in [6.45, 7) is 7.85. The Bertz CT molecular complexity index is 999. The van der Waals surface area contributed by atoms with E-state index in [9.17, 15) is 4.79 Å². The lowest BCUT2D eigenvalue weighted by Crippen LogP contribution is -2.58. The second-order valence-corrected chi connectivity index (χ2v) is 10.3. The Hall–Kier alpha value is -2.02. The van der Waals surface area contributed by atoms with Crippen molar-refractivity contribution < 1.29 is 9.53 Å². The van der Waals surface area contributed by atoms with Gasteiger partial charge >= 0.3 is 6.09 Å². The Morgan fingerprint density at radius 2 is 1.85 bits per heavy atom. The molecule has 1 spiro atoms.